The van der Waals surface area contributed by atoms with Crippen LogP contribution in [0.15, 0.2) is 36.5 Å². The molecule has 0 radical (unpaired) electrons. The molecule has 0 aliphatic carbocycles. The van der Waals surface area contributed by atoms with Gasteiger partial charge >= 0.3 is 0 Å². The van der Waals surface area contributed by atoms with Crippen LogP contribution < -0.4 is 5.32 Å². The molecule has 1 unspecified atom stereocenters. The second-order valence-electron chi connectivity index (χ2n) is 4.09. The predicted octanol–water partition coefficient (Wildman–Crippen LogP) is 3.54. The summed E-state index contributed by atoms with van der Waals surface area (Å²) in [7, 11) is 0. The van der Waals surface area contributed by atoms with Crippen LogP contribution >= 0.6 is 11.3 Å². The second-order valence-corrected chi connectivity index (χ2v) is 5.41. The first-order valence-electron chi connectivity index (χ1n) is 6.02. The molecule has 0 amide bonds. The average Bonchev–Trinajstić information content (AvgIpc) is 2.78. The number of hydrogen-bond donors (Lipinski definition) is 1. The van der Waals surface area contributed by atoms with E-state index in [9.17, 15) is 0 Å². The normalized spacial score (nSPS) is 12.6. The van der Waals surface area contributed by atoms with Crippen molar-refractivity contribution in [3.05, 3.63) is 52.0 Å². The highest BCUT2D eigenvalue weighted by atomic mass is 32.1. The number of rotatable bonds is 5. The minimum absolute atomic E-state index is 0.231. The van der Waals surface area contributed by atoms with Gasteiger partial charge in [0.15, 0.2) is 0 Å². The molecule has 2 aromatic rings. The number of aryl methyl sites for hydroxylation is 1. The van der Waals surface area contributed by atoms with Crippen molar-refractivity contribution in [3.8, 4) is 0 Å². The lowest BCUT2D eigenvalue weighted by Gasteiger charge is -2.16. The lowest BCUT2D eigenvalue weighted by atomic mass is 10.1. The van der Waals surface area contributed by atoms with Crippen molar-refractivity contribution in [1.29, 1.82) is 0 Å². The molecule has 2 rings (SSSR count). The molecular weight excluding hydrogens is 228 g/mol. The molecule has 0 fully saturated rings. The molecule has 0 bridgehead atoms. The Balaban J connectivity index is 2.25. The average molecular weight is 246 g/mol. The zero-order valence-corrected chi connectivity index (χ0v) is 11.1. The van der Waals surface area contributed by atoms with Crippen molar-refractivity contribution >= 4 is 11.3 Å². The lowest BCUT2D eigenvalue weighted by molar-refractivity contribution is 0.594. The number of nitrogens with one attached hydrogen (secondary N) is 1. The largest absolute Gasteiger partial charge is 0.304 e. The van der Waals surface area contributed by atoms with Crippen LogP contribution in [0.3, 0.4) is 0 Å². The van der Waals surface area contributed by atoms with Crippen LogP contribution in [-0.4, -0.2) is 11.5 Å². The van der Waals surface area contributed by atoms with Gasteiger partial charge in [0.2, 0.25) is 0 Å². The molecule has 2 heterocycles. The fourth-order valence-electron chi connectivity index (χ4n) is 1.79. The van der Waals surface area contributed by atoms with Gasteiger partial charge in [-0.3, -0.25) is 4.98 Å². The first-order chi connectivity index (χ1) is 8.31. The summed E-state index contributed by atoms with van der Waals surface area (Å²) in [6, 6.07) is 10.7. The van der Waals surface area contributed by atoms with Crippen LogP contribution in [0.1, 0.15) is 34.8 Å². The smallest absolute Gasteiger partial charge is 0.0845 e. The molecule has 3 heteroatoms. The Morgan fingerprint density at radius 1 is 1.29 bits per heavy atom. The molecule has 17 heavy (non-hydrogen) atoms. The minimum atomic E-state index is 0.231. The molecule has 0 saturated carbocycles. The summed E-state index contributed by atoms with van der Waals surface area (Å²) in [5.74, 6) is 0. The second kappa shape index (κ2) is 5.94. The van der Waals surface area contributed by atoms with Crippen LogP contribution in [0.25, 0.3) is 0 Å². The lowest BCUT2D eigenvalue weighted by Crippen LogP contribution is -2.23. The summed E-state index contributed by atoms with van der Waals surface area (Å²) < 4.78 is 0. The van der Waals surface area contributed by atoms with E-state index in [1.54, 1.807) is 0 Å². The standard InChI is InChI=1S/C14H18N2S/c1-3-9-16-14(12-6-4-5-10-15-12)13-8-7-11(2)17-13/h4-8,10,14,16H,3,9H2,1-2H3. The molecule has 0 aliphatic rings. The molecule has 1 atom stereocenters. The van der Waals surface area contributed by atoms with Crippen LogP contribution in [0.4, 0.5) is 0 Å². The molecule has 0 saturated heterocycles. The summed E-state index contributed by atoms with van der Waals surface area (Å²) in [4.78, 5) is 7.15. The van der Waals surface area contributed by atoms with Crippen molar-refractivity contribution in [1.82, 2.24) is 10.3 Å². The maximum Gasteiger partial charge on any atom is 0.0845 e. The van der Waals surface area contributed by atoms with E-state index in [2.05, 4.69) is 42.3 Å². The summed E-state index contributed by atoms with van der Waals surface area (Å²) in [6.07, 6.45) is 2.99. The van der Waals surface area contributed by atoms with E-state index in [4.69, 9.17) is 0 Å². The number of aromatic nitrogens is 1. The van der Waals surface area contributed by atoms with Crippen molar-refractivity contribution in [2.24, 2.45) is 0 Å². The first-order valence-corrected chi connectivity index (χ1v) is 6.83. The Hall–Kier alpha value is -1.19. The number of thiophene rings is 1. The maximum atomic E-state index is 4.46. The van der Waals surface area contributed by atoms with Gasteiger partial charge in [0.1, 0.15) is 0 Å². The van der Waals surface area contributed by atoms with Gasteiger partial charge in [0, 0.05) is 16.0 Å². The fraction of sp³-hybridized carbons (Fsp3) is 0.357. The zero-order valence-electron chi connectivity index (χ0n) is 10.3. The van der Waals surface area contributed by atoms with Crippen LogP contribution in [0.2, 0.25) is 0 Å². The van der Waals surface area contributed by atoms with Crippen LogP contribution in [0.5, 0.6) is 0 Å². The number of pyridine rings is 1. The third-order valence-electron chi connectivity index (χ3n) is 2.63. The van der Waals surface area contributed by atoms with E-state index in [0.29, 0.717) is 0 Å². The fourth-order valence-corrected chi connectivity index (χ4v) is 2.76. The van der Waals surface area contributed by atoms with E-state index in [1.807, 2.05) is 29.7 Å². The quantitative estimate of drug-likeness (QED) is 0.873. The van der Waals surface area contributed by atoms with Gasteiger partial charge in [0.05, 0.1) is 11.7 Å². The monoisotopic (exact) mass is 246 g/mol. The minimum Gasteiger partial charge on any atom is -0.304 e. The Bertz CT molecular complexity index is 450. The van der Waals surface area contributed by atoms with Crippen LogP contribution in [-0.2, 0) is 0 Å². The molecule has 2 nitrogen and oxygen atoms in total. The summed E-state index contributed by atoms with van der Waals surface area (Å²) in [5, 5.41) is 3.56. The third kappa shape index (κ3) is 3.14. The molecule has 0 spiro atoms. The van der Waals surface area contributed by atoms with Crippen molar-refractivity contribution in [3.63, 3.8) is 0 Å². The highest BCUT2D eigenvalue weighted by Crippen LogP contribution is 2.27. The maximum absolute atomic E-state index is 4.46. The Kier molecular flexibility index (Phi) is 4.29. The Labute approximate surface area is 107 Å². The van der Waals surface area contributed by atoms with Gasteiger partial charge in [-0.1, -0.05) is 13.0 Å². The first kappa shape index (κ1) is 12.3. The van der Waals surface area contributed by atoms with Crippen molar-refractivity contribution in [2.75, 3.05) is 6.54 Å². The molecule has 90 valence electrons. The van der Waals surface area contributed by atoms with Gasteiger partial charge in [-0.15, -0.1) is 11.3 Å². The van der Waals surface area contributed by atoms with E-state index in [1.165, 1.54) is 9.75 Å². The molecule has 0 aliphatic heterocycles. The number of hydrogen-bond acceptors (Lipinski definition) is 3. The summed E-state index contributed by atoms with van der Waals surface area (Å²) in [5.41, 5.74) is 1.10. The molecule has 0 aromatic carbocycles. The zero-order chi connectivity index (χ0) is 12.1. The highest BCUT2D eigenvalue weighted by Gasteiger charge is 2.15. The van der Waals surface area contributed by atoms with Crippen molar-refractivity contribution in [2.45, 2.75) is 26.3 Å². The van der Waals surface area contributed by atoms with E-state index >= 15 is 0 Å². The predicted molar refractivity (Wildman–Crippen MR) is 73.4 cm³/mol. The molecule has 2 aromatic heterocycles. The Morgan fingerprint density at radius 3 is 2.76 bits per heavy atom. The number of nitrogens with zero attached hydrogens (tertiary/aromatic N) is 1. The van der Waals surface area contributed by atoms with Gasteiger partial charge < -0.3 is 5.32 Å². The van der Waals surface area contributed by atoms with E-state index in [0.717, 1.165) is 18.7 Å². The van der Waals surface area contributed by atoms with Gasteiger partial charge in [-0.25, -0.2) is 0 Å². The SMILES string of the molecule is CCCNC(c1ccccn1)c1ccc(C)s1. The topological polar surface area (TPSA) is 24.9 Å². The summed E-state index contributed by atoms with van der Waals surface area (Å²) in [6.45, 7) is 5.34. The highest BCUT2D eigenvalue weighted by molar-refractivity contribution is 7.12. The van der Waals surface area contributed by atoms with Gasteiger partial charge in [-0.05, 0) is 44.2 Å². The third-order valence-corrected chi connectivity index (χ3v) is 3.69. The van der Waals surface area contributed by atoms with E-state index < -0.39 is 0 Å². The molecular formula is C14H18N2S. The van der Waals surface area contributed by atoms with Crippen LogP contribution in [0, 0.1) is 6.92 Å². The molecule has 1 N–H and O–H groups in total. The Morgan fingerprint density at radius 2 is 2.18 bits per heavy atom. The van der Waals surface area contributed by atoms with Gasteiger partial charge in [0.25, 0.3) is 0 Å². The van der Waals surface area contributed by atoms with E-state index in [-0.39, 0.29) is 6.04 Å². The van der Waals surface area contributed by atoms with Gasteiger partial charge in [-0.2, -0.15) is 0 Å². The summed E-state index contributed by atoms with van der Waals surface area (Å²) >= 11 is 1.84. The van der Waals surface area contributed by atoms with Crippen molar-refractivity contribution < 1.29 is 0 Å².